The van der Waals surface area contributed by atoms with Gasteiger partial charge in [-0.05, 0) is 36.8 Å². The van der Waals surface area contributed by atoms with E-state index in [0.717, 1.165) is 25.7 Å². The third-order valence-corrected chi connectivity index (χ3v) is 4.79. The van der Waals surface area contributed by atoms with E-state index in [-0.39, 0.29) is 24.2 Å². The second kappa shape index (κ2) is 6.16. The number of carbonyl (C=O) groups excluding carboxylic acids is 1. The molecule has 1 N–H and O–H groups in total. The zero-order chi connectivity index (χ0) is 14.8. The Morgan fingerprint density at radius 2 is 2.05 bits per heavy atom. The molecule has 1 heterocycles. The Morgan fingerprint density at radius 3 is 2.71 bits per heavy atom. The first-order valence-corrected chi connectivity index (χ1v) is 7.90. The van der Waals surface area contributed by atoms with E-state index < -0.39 is 0 Å². The predicted molar refractivity (Wildman–Crippen MR) is 81.8 cm³/mol. The molecular weight excluding hydrogens is 264 g/mol. The van der Waals surface area contributed by atoms with Crippen LogP contribution in [0, 0.1) is 0 Å². The molecule has 1 aromatic carbocycles. The molecule has 114 valence electrons. The smallest absolute Gasteiger partial charge is 0.238 e. The van der Waals surface area contributed by atoms with Crippen LogP contribution < -0.4 is 5.32 Å². The Labute approximate surface area is 126 Å². The number of ether oxygens (including phenoxy) is 1. The number of nitrogens with one attached hydrogen (secondary N) is 1. The summed E-state index contributed by atoms with van der Waals surface area (Å²) in [5.41, 5.74) is 2.49. The van der Waals surface area contributed by atoms with Crippen LogP contribution in [0.15, 0.2) is 24.3 Å². The highest BCUT2D eigenvalue weighted by Gasteiger charge is 2.42. The predicted octanol–water partition coefficient (Wildman–Crippen LogP) is 2.25. The van der Waals surface area contributed by atoms with Gasteiger partial charge in [-0.2, -0.15) is 0 Å². The van der Waals surface area contributed by atoms with Crippen LogP contribution in [-0.4, -0.2) is 36.6 Å². The van der Waals surface area contributed by atoms with Crippen molar-refractivity contribution in [2.24, 2.45) is 0 Å². The van der Waals surface area contributed by atoms with E-state index in [9.17, 15) is 4.79 Å². The molecule has 21 heavy (non-hydrogen) atoms. The molecule has 1 aliphatic heterocycles. The zero-order valence-electron chi connectivity index (χ0n) is 12.8. The summed E-state index contributed by atoms with van der Waals surface area (Å²) in [6.45, 7) is 2.58. The van der Waals surface area contributed by atoms with E-state index in [1.54, 1.807) is 7.11 Å². The fourth-order valence-electron chi connectivity index (χ4n) is 3.61. The minimum absolute atomic E-state index is 0.0100. The lowest BCUT2D eigenvalue weighted by Gasteiger charge is -2.33. The van der Waals surface area contributed by atoms with Crippen LogP contribution in [0.25, 0.3) is 0 Å². The van der Waals surface area contributed by atoms with Crippen molar-refractivity contribution in [3.63, 3.8) is 0 Å². The molecule has 1 saturated heterocycles. The first kappa shape index (κ1) is 14.5. The van der Waals surface area contributed by atoms with Gasteiger partial charge in [-0.1, -0.05) is 31.2 Å². The topological polar surface area (TPSA) is 41.6 Å². The maximum Gasteiger partial charge on any atom is 0.238 e. The van der Waals surface area contributed by atoms with Crippen molar-refractivity contribution in [3.8, 4) is 0 Å². The Bertz CT molecular complexity index is 500. The molecule has 2 aliphatic rings. The number of amides is 1. The molecule has 3 atom stereocenters. The third kappa shape index (κ3) is 2.70. The number of hydrogen-bond donors (Lipinski definition) is 1. The van der Waals surface area contributed by atoms with Crippen molar-refractivity contribution in [2.75, 3.05) is 13.7 Å². The van der Waals surface area contributed by atoms with Gasteiger partial charge in [-0.3, -0.25) is 10.1 Å². The van der Waals surface area contributed by atoms with Gasteiger partial charge in [0.15, 0.2) is 0 Å². The molecule has 3 unspecified atom stereocenters. The van der Waals surface area contributed by atoms with Gasteiger partial charge in [0.05, 0.1) is 18.7 Å². The van der Waals surface area contributed by atoms with Gasteiger partial charge in [-0.25, -0.2) is 0 Å². The lowest BCUT2D eigenvalue weighted by molar-refractivity contribution is -0.132. The highest BCUT2D eigenvalue weighted by atomic mass is 16.5. The van der Waals surface area contributed by atoms with E-state index in [4.69, 9.17) is 4.74 Å². The van der Waals surface area contributed by atoms with Gasteiger partial charge in [0.2, 0.25) is 5.91 Å². The first-order valence-electron chi connectivity index (χ1n) is 7.90. The molecule has 3 rings (SSSR count). The summed E-state index contributed by atoms with van der Waals surface area (Å²) in [7, 11) is 1.75. The number of rotatable bonds is 4. The number of methoxy groups -OCH3 is 1. The Hall–Kier alpha value is -1.39. The molecule has 1 saturated carbocycles. The van der Waals surface area contributed by atoms with Crippen molar-refractivity contribution < 1.29 is 9.53 Å². The van der Waals surface area contributed by atoms with E-state index in [2.05, 4.69) is 36.5 Å². The number of carbonyl (C=O) groups is 1. The standard InChI is InChI=1S/C17H24N2O2/c1-3-12-7-9-13(10-8-12)17-18-11-16(20)19(17)14-5-4-6-15(14)21-2/h7-10,14-15,17-18H,3-6,11H2,1-2H3. The summed E-state index contributed by atoms with van der Waals surface area (Å²) in [6, 6.07) is 8.78. The molecule has 1 aliphatic carbocycles. The van der Waals surface area contributed by atoms with Crippen LogP contribution in [-0.2, 0) is 16.0 Å². The van der Waals surface area contributed by atoms with Crippen molar-refractivity contribution in [3.05, 3.63) is 35.4 Å². The molecule has 2 fully saturated rings. The number of nitrogens with zero attached hydrogens (tertiary/aromatic N) is 1. The van der Waals surface area contributed by atoms with Crippen molar-refractivity contribution >= 4 is 5.91 Å². The normalized spacial score (nSPS) is 29.3. The Morgan fingerprint density at radius 1 is 1.29 bits per heavy atom. The van der Waals surface area contributed by atoms with Crippen LogP contribution in [0.3, 0.4) is 0 Å². The molecule has 1 amide bonds. The number of benzene rings is 1. The fourth-order valence-corrected chi connectivity index (χ4v) is 3.61. The lowest BCUT2D eigenvalue weighted by atomic mass is 10.1. The van der Waals surface area contributed by atoms with Gasteiger partial charge >= 0.3 is 0 Å². The minimum Gasteiger partial charge on any atom is -0.379 e. The van der Waals surface area contributed by atoms with Crippen molar-refractivity contribution in [1.29, 1.82) is 0 Å². The molecule has 0 spiro atoms. The Kier molecular flexibility index (Phi) is 4.27. The summed E-state index contributed by atoms with van der Waals surface area (Å²) in [4.78, 5) is 14.4. The van der Waals surface area contributed by atoms with Gasteiger partial charge in [0.25, 0.3) is 0 Å². The summed E-state index contributed by atoms with van der Waals surface area (Å²) >= 11 is 0. The molecule has 0 radical (unpaired) electrons. The fraction of sp³-hybridized carbons (Fsp3) is 0.588. The average Bonchev–Trinajstić information content (AvgIpc) is 3.13. The highest BCUT2D eigenvalue weighted by Crippen LogP contribution is 2.34. The van der Waals surface area contributed by atoms with Gasteiger partial charge in [0.1, 0.15) is 6.17 Å². The second-order valence-electron chi connectivity index (χ2n) is 5.95. The molecule has 1 aromatic rings. The number of hydrogen-bond acceptors (Lipinski definition) is 3. The average molecular weight is 288 g/mol. The maximum absolute atomic E-state index is 12.3. The number of aryl methyl sites for hydroxylation is 1. The third-order valence-electron chi connectivity index (χ3n) is 4.79. The summed E-state index contributed by atoms with van der Waals surface area (Å²) in [5.74, 6) is 0.188. The molecule has 0 bridgehead atoms. The summed E-state index contributed by atoms with van der Waals surface area (Å²) in [6.07, 6.45) is 4.42. The lowest BCUT2D eigenvalue weighted by Crippen LogP contribution is -2.44. The van der Waals surface area contributed by atoms with E-state index in [1.807, 2.05) is 4.90 Å². The van der Waals surface area contributed by atoms with Gasteiger partial charge < -0.3 is 9.64 Å². The van der Waals surface area contributed by atoms with Gasteiger partial charge in [0, 0.05) is 7.11 Å². The van der Waals surface area contributed by atoms with E-state index in [0.29, 0.717) is 6.54 Å². The largest absolute Gasteiger partial charge is 0.379 e. The quantitative estimate of drug-likeness (QED) is 0.924. The molecule has 0 aromatic heterocycles. The maximum atomic E-state index is 12.3. The van der Waals surface area contributed by atoms with Crippen LogP contribution in [0.1, 0.15) is 43.5 Å². The SMILES string of the molecule is CCc1ccc(C2NCC(=O)N2C2CCCC2OC)cc1. The van der Waals surface area contributed by atoms with Crippen LogP contribution in [0.5, 0.6) is 0 Å². The molecule has 4 nitrogen and oxygen atoms in total. The van der Waals surface area contributed by atoms with Crippen LogP contribution >= 0.6 is 0 Å². The second-order valence-corrected chi connectivity index (χ2v) is 5.95. The molecular formula is C17H24N2O2. The minimum atomic E-state index is -0.0100. The Balaban J connectivity index is 1.84. The zero-order valence-corrected chi connectivity index (χ0v) is 12.8. The van der Waals surface area contributed by atoms with Crippen LogP contribution in [0.2, 0.25) is 0 Å². The highest BCUT2D eigenvalue weighted by molar-refractivity contribution is 5.81. The summed E-state index contributed by atoms with van der Waals surface area (Å²) in [5, 5.41) is 3.35. The van der Waals surface area contributed by atoms with Gasteiger partial charge in [-0.15, -0.1) is 0 Å². The monoisotopic (exact) mass is 288 g/mol. The first-order chi connectivity index (χ1) is 10.2. The van der Waals surface area contributed by atoms with Crippen molar-refractivity contribution in [1.82, 2.24) is 10.2 Å². The van der Waals surface area contributed by atoms with Crippen molar-refractivity contribution in [2.45, 2.75) is 50.9 Å². The summed E-state index contributed by atoms with van der Waals surface area (Å²) < 4.78 is 5.58. The van der Waals surface area contributed by atoms with E-state index in [1.165, 1.54) is 11.1 Å². The molecule has 4 heteroatoms. The van der Waals surface area contributed by atoms with Crippen LogP contribution in [0.4, 0.5) is 0 Å². The van der Waals surface area contributed by atoms with E-state index >= 15 is 0 Å².